The second-order valence-electron chi connectivity index (χ2n) is 7.18. The van der Waals surface area contributed by atoms with E-state index in [0.717, 1.165) is 32.8 Å². The van der Waals surface area contributed by atoms with E-state index in [4.69, 9.17) is 4.98 Å². The standard InChI is InChI=1S/C24H19N5OS/c1-15-21-18(13-19(16-9-5-3-6-10-16)26-22(21)29(2)28-15)23(30)27-24-25-14-20(31-24)17-11-7-4-8-12-17/h3-14H,1-2H3,(H,25,27,30). The molecule has 1 N–H and O–H groups in total. The number of rotatable bonds is 4. The number of anilines is 1. The molecule has 0 aliphatic heterocycles. The van der Waals surface area contributed by atoms with Gasteiger partial charge in [-0.3, -0.25) is 14.8 Å². The van der Waals surface area contributed by atoms with Gasteiger partial charge in [0.15, 0.2) is 10.8 Å². The second kappa shape index (κ2) is 7.77. The van der Waals surface area contributed by atoms with Gasteiger partial charge >= 0.3 is 0 Å². The van der Waals surface area contributed by atoms with Crippen LogP contribution in [0.3, 0.4) is 0 Å². The molecule has 0 aliphatic rings. The van der Waals surface area contributed by atoms with Crippen LogP contribution in [0, 0.1) is 6.92 Å². The molecule has 2 aromatic carbocycles. The van der Waals surface area contributed by atoms with Gasteiger partial charge in [0.1, 0.15) is 0 Å². The maximum atomic E-state index is 13.3. The summed E-state index contributed by atoms with van der Waals surface area (Å²) in [6.45, 7) is 1.89. The number of hydrogen-bond acceptors (Lipinski definition) is 5. The van der Waals surface area contributed by atoms with E-state index in [1.54, 1.807) is 10.9 Å². The molecule has 0 saturated heterocycles. The highest BCUT2D eigenvalue weighted by Gasteiger charge is 2.20. The predicted molar refractivity (Wildman–Crippen MR) is 124 cm³/mol. The number of thiazole rings is 1. The number of carbonyl (C=O) groups is 1. The Labute approximate surface area is 183 Å². The third kappa shape index (κ3) is 3.60. The zero-order valence-electron chi connectivity index (χ0n) is 17.0. The van der Waals surface area contributed by atoms with Crippen molar-refractivity contribution in [2.45, 2.75) is 6.92 Å². The Hall–Kier alpha value is -3.84. The Balaban J connectivity index is 1.55. The summed E-state index contributed by atoms with van der Waals surface area (Å²) in [5.41, 5.74) is 4.71. The summed E-state index contributed by atoms with van der Waals surface area (Å²) in [7, 11) is 1.84. The smallest absolute Gasteiger partial charge is 0.258 e. The highest BCUT2D eigenvalue weighted by molar-refractivity contribution is 7.19. The molecule has 0 radical (unpaired) electrons. The number of benzene rings is 2. The summed E-state index contributed by atoms with van der Waals surface area (Å²) in [6, 6.07) is 21.6. The molecule has 6 nitrogen and oxygen atoms in total. The van der Waals surface area contributed by atoms with Crippen LogP contribution in [0.5, 0.6) is 0 Å². The van der Waals surface area contributed by atoms with Crippen molar-refractivity contribution in [1.29, 1.82) is 0 Å². The van der Waals surface area contributed by atoms with Crippen molar-refractivity contribution < 1.29 is 4.79 Å². The summed E-state index contributed by atoms with van der Waals surface area (Å²) < 4.78 is 1.71. The molecule has 3 heterocycles. The molecule has 0 bridgehead atoms. The topological polar surface area (TPSA) is 72.7 Å². The van der Waals surface area contributed by atoms with Crippen molar-refractivity contribution in [3.05, 3.63) is 84.2 Å². The van der Waals surface area contributed by atoms with E-state index >= 15 is 0 Å². The molecule has 152 valence electrons. The first kappa shape index (κ1) is 19.1. The molecule has 7 heteroatoms. The molecule has 1 amide bonds. The van der Waals surface area contributed by atoms with Crippen LogP contribution >= 0.6 is 11.3 Å². The highest BCUT2D eigenvalue weighted by Crippen LogP contribution is 2.31. The van der Waals surface area contributed by atoms with Gasteiger partial charge in [0, 0.05) is 18.8 Å². The van der Waals surface area contributed by atoms with E-state index in [1.807, 2.05) is 80.7 Å². The summed E-state index contributed by atoms with van der Waals surface area (Å²) in [5.74, 6) is -0.227. The Bertz CT molecular complexity index is 1390. The monoisotopic (exact) mass is 425 g/mol. The van der Waals surface area contributed by atoms with Gasteiger partial charge in [-0.2, -0.15) is 5.10 Å². The van der Waals surface area contributed by atoms with Crippen LogP contribution in [0.25, 0.3) is 32.7 Å². The van der Waals surface area contributed by atoms with E-state index in [-0.39, 0.29) is 5.91 Å². The van der Waals surface area contributed by atoms with E-state index in [0.29, 0.717) is 16.3 Å². The first-order valence-corrected chi connectivity index (χ1v) is 10.6. The molecular formula is C24H19N5OS. The Kier molecular flexibility index (Phi) is 4.80. The number of aryl methyl sites for hydroxylation is 2. The molecule has 0 atom stereocenters. The van der Waals surface area contributed by atoms with E-state index in [2.05, 4.69) is 15.4 Å². The fraction of sp³-hybridized carbons (Fsp3) is 0.0833. The zero-order valence-corrected chi connectivity index (χ0v) is 17.9. The molecule has 0 saturated carbocycles. The van der Waals surface area contributed by atoms with Gasteiger partial charge in [0.25, 0.3) is 5.91 Å². The maximum Gasteiger partial charge on any atom is 0.258 e. The zero-order chi connectivity index (χ0) is 21.4. The Morgan fingerprint density at radius 1 is 1.00 bits per heavy atom. The van der Waals surface area contributed by atoms with Crippen molar-refractivity contribution in [2.75, 3.05) is 5.32 Å². The lowest BCUT2D eigenvalue weighted by molar-refractivity contribution is 0.102. The molecule has 0 fully saturated rings. The van der Waals surface area contributed by atoms with Crippen molar-refractivity contribution in [2.24, 2.45) is 7.05 Å². The average Bonchev–Trinajstić information content (AvgIpc) is 3.38. The van der Waals surface area contributed by atoms with Gasteiger partial charge in [-0.25, -0.2) is 9.97 Å². The number of amides is 1. The third-order valence-electron chi connectivity index (χ3n) is 5.07. The first-order chi connectivity index (χ1) is 15.1. The van der Waals surface area contributed by atoms with Crippen LogP contribution in [-0.2, 0) is 7.05 Å². The summed E-state index contributed by atoms with van der Waals surface area (Å²) >= 11 is 1.44. The number of fused-ring (bicyclic) bond motifs is 1. The van der Waals surface area contributed by atoms with Crippen molar-refractivity contribution in [3.8, 4) is 21.7 Å². The van der Waals surface area contributed by atoms with Gasteiger partial charge in [-0.1, -0.05) is 72.0 Å². The van der Waals surface area contributed by atoms with Crippen molar-refractivity contribution in [3.63, 3.8) is 0 Å². The first-order valence-electron chi connectivity index (χ1n) is 9.82. The lowest BCUT2D eigenvalue weighted by Crippen LogP contribution is -2.13. The third-order valence-corrected chi connectivity index (χ3v) is 6.03. The van der Waals surface area contributed by atoms with Crippen LogP contribution in [0.4, 0.5) is 5.13 Å². The lowest BCUT2D eigenvalue weighted by atomic mass is 10.1. The second-order valence-corrected chi connectivity index (χ2v) is 8.21. The molecule has 0 spiro atoms. The van der Waals surface area contributed by atoms with Crippen LogP contribution < -0.4 is 5.32 Å². The van der Waals surface area contributed by atoms with Crippen LogP contribution in [0.2, 0.25) is 0 Å². The summed E-state index contributed by atoms with van der Waals surface area (Å²) in [4.78, 5) is 23.5. The molecule has 5 rings (SSSR count). The van der Waals surface area contributed by atoms with Crippen molar-refractivity contribution >= 4 is 33.4 Å². The number of nitrogens with one attached hydrogen (secondary N) is 1. The molecule has 5 aromatic rings. The molecule has 31 heavy (non-hydrogen) atoms. The molecule has 3 aromatic heterocycles. The SMILES string of the molecule is Cc1nn(C)c2nc(-c3ccccc3)cc(C(=O)Nc3ncc(-c4ccccc4)s3)c12. The summed E-state index contributed by atoms with van der Waals surface area (Å²) in [5, 5.41) is 8.74. The van der Waals surface area contributed by atoms with Gasteiger partial charge in [0.05, 0.1) is 27.2 Å². The predicted octanol–water partition coefficient (Wildman–Crippen LogP) is 5.32. The van der Waals surface area contributed by atoms with Crippen LogP contribution in [0.15, 0.2) is 72.9 Å². The van der Waals surface area contributed by atoms with E-state index in [9.17, 15) is 4.79 Å². The number of hydrogen-bond donors (Lipinski definition) is 1. The Morgan fingerprint density at radius 2 is 1.68 bits per heavy atom. The molecule has 0 aliphatic carbocycles. The minimum absolute atomic E-state index is 0.227. The van der Waals surface area contributed by atoms with Gasteiger partial charge in [0.2, 0.25) is 0 Å². The largest absolute Gasteiger partial charge is 0.298 e. The van der Waals surface area contributed by atoms with Crippen molar-refractivity contribution in [1.82, 2.24) is 19.7 Å². The van der Waals surface area contributed by atoms with Crippen LogP contribution in [0.1, 0.15) is 16.1 Å². The normalized spacial score (nSPS) is 11.0. The number of aromatic nitrogens is 4. The number of pyridine rings is 1. The highest BCUT2D eigenvalue weighted by atomic mass is 32.1. The molecular weight excluding hydrogens is 406 g/mol. The van der Waals surface area contributed by atoms with E-state index < -0.39 is 0 Å². The van der Waals surface area contributed by atoms with E-state index in [1.165, 1.54) is 11.3 Å². The quantitative estimate of drug-likeness (QED) is 0.423. The molecule has 0 unspecified atom stereocenters. The Morgan fingerprint density at radius 3 is 2.39 bits per heavy atom. The van der Waals surface area contributed by atoms with Gasteiger partial charge in [-0.05, 0) is 18.6 Å². The lowest BCUT2D eigenvalue weighted by Gasteiger charge is -2.08. The number of nitrogens with zero attached hydrogens (tertiary/aromatic N) is 4. The van der Waals surface area contributed by atoms with Gasteiger partial charge in [-0.15, -0.1) is 0 Å². The number of carbonyl (C=O) groups excluding carboxylic acids is 1. The summed E-state index contributed by atoms with van der Waals surface area (Å²) in [6.07, 6.45) is 1.78. The fourth-order valence-corrected chi connectivity index (χ4v) is 4.43. The maximum absolute atomic E-state index is 13.3. The fourth-order valence-electron chi connectivity index (χ4n) is 3.61. The van der Waals surface area contributed by atoms with Gasteiger partial charge < -0.3 is 0 Å². The minimum Gasteiger partial charge on any atom is -0.298 e. The van der Waals surface area contributed by atoms with Crippen LogP contribution in [-0.4, -0.2) is 25.7 Å². The average molecular weight is 426 g/mol. The minimum atomic E-state index is -0.227.